The van der Waals surface area contributed by atoms with Crippen molar-refractivity contribution in [2.75, 3.05) is 6.54 Å². The summed E-state index contributed by atoms with van der Waals surface area (Å²) in [5.74, 6) is -0.274. The van der Waals surface area contributed by atoms with Gasteiger partial charge in [0.2, 0.25) is 0 Å². The number of halogens is 2. The van der Waals surface area contributed by atoms with Crippen LogP contribution in [0, 0.1) is 19.7 Å². The molecule has 2 aromatic rings. The molecular formula is C17H20BrFN2. The molecule has 4 heteroatoms. The number of benzene rings is 1. The molecule has 0 radical (unpaired) electrons. The van der Waals surface area contributed by atoms with Crippen molar-refractivity contribution in [1.82, 2.24) is 10.3 Å². The van der Waals surface area contributed by atoms with Crippen LogP contribution in [0.4, 0.5) is 4.39 Å². The number of hydrogen-bond acceptors (Lipinski definition) is 2. The first-order chi connectivity index (χ1) is 10.0. The minimum Gasteiger partial charge on any atom is -0.306 e. The average molecular weight is 351 g/mol. The van der Waals surface area contributed by atoms with E-state index in [2.05, 4.69) is 59.1 Å². The van der Waals surface area contributed by atoms with Gasteiger partial charge in [0.25, 0.3) is 0 Å². The number of pyridine rings is 1. The lowest BCUT2D eigenvalue weighted by Gasteiger charge is -2.21. The molecule has 0 saturated carbocycles. The predicted molar refractivity (Wildman–Crippen MR) is 87.9 cm³/mol. The molecule has 0 fully saturated rings. The van der Waals surface area contributed by atoms with Gasteiger partial charge in [-0.3, -0.25) is 4.98 Å². The SMILES string of the molecule is CCCNC(c1cc(C)c(Br)c(C)c1)c1ccncc1F. The monoisotopic (exact) mass is 350 g/mol. The number of nitrogens with one attached hydrogen (secondary N) is 1. The maximum absolute atomic E-state index is 14.1. The zero-order chi connectivity index (χ0) is 15.4. The van der Waals surface area contributed by atoms with E-state index < -0.39 is 0 Å². The molecule has 0 aliphatic heterocycles. The first kappa shape index (κ1) is 16.1. The molecule has 1 heterocycles. The van der Waals surface area contributed by atoms with Crippen molar-refractivity contribution >= 4 is 15.9 Å². The molecule has 0 amide bonds. The van der Waals surface area contributed by atoms with Crippen molar-refractivity contribution in [2.45, 2.75) is 33.2 Å². The minimum atomic E-state index is -0.274. The maximum atomic E-state index is 14.1. The third-order valence-electron chi connectivity index (χ3n) is 3.51. The van der Waals surface area contributed by atoms with Crippen LogP contribution >= 0.6 is 15.9 Å². The van der Waals surface area contributed by atoms with Gasteiger partial charge in [0, 0.05) is 16.2 Å². The summed E-state index contributed by atoms with van der Waals surface area (Å²) in [6.07, 6.45) is 3.91. The van der Waals surface area contributed by atoms with Gasteiger partial charge in [-0.15, -0.1) is 0 Å². The highest BCUT2D eigenvalue weighted by Gasteiger charge is 2.18. The van der Waals surface area contributed by atoms with Gasteiger partial charge in [0.05, 0.1) is 12.2 Å². The molecule has 2 nitrogen and oxygen atoms in total. The lowest BCUT2D eigenvalue weighted by molar-refractivity contribution is 0.543. The molecule has 1 unspecified atom stereocenters. The van der Waals surface area contributed by atoms with Crippen molar-refractivity contribution in [1.29, 1.82) is 0 Å². The summed E-state index contributed by atoms with van der Waals surface area (Å²) < 4.78 is 15.2. The van der Waals surface area contributed by atoms with E-state index in [4.69, 9.17) is 0 Å². The average Bonchev–Trinajstić information content (AvgIpc) is 2.46. The number of aromatic nitrogens is 1. The quantitative estimate of drug-likeness (QED) is 0.845. The first-order valence-corrected chi connectivity index (χ1v) is 7.93. The van der Waals surface area contributed by atoms with E-state index in [1.54, 1.807) is 12.3 Å². The molecule has 0 bridgehead atoms. The molecule has 0 spiro atoms. The van der Waals surface area contributed by atoms with E-state index in [9.17, 15) is 4.39 Å². The summed E-state index contributed by atoms with van der Waals surface area (Å²) in [4.78, 5) is 3.84. The van der Waals surface area contributed by atoms with Gasteiger partial charge in [-0.2, -0.15) is 0 Å². The standard InChI is InChI=1S/C17H20BrFN2/c1-4-6-21-17(14-5-7-20-10-15(14)19)13-8-11(2)16(18)12(3)9-13/h5,7-10,17,21H,4,6H2,1-3H3. The summed E-state index contributed by atoms with van der Waals surface area (Å²) in [7, 11) is 0. The molecule has 1 N–H and O–H groups in total. The van der Waals surface area contributed by atoms with Crippen LogP contribution in [0.1, 0.15) is 41.6 Å². The van der Waals surface area contributed by atoms with Gasteiger partial charge in [-0.25, -0.2) is 4.39 Å². The Morgan fingerprint density at radius 3 is 2.52 bits per heavy atom. The zero-order valence-electron chi connectivity index (χ0n) is 12.6. The number of nitrogens with zero attached hydrogens (tertiary/aromatic N) is 1. The maximum Gasteiger partial charge on any atom is 0.146 e. The van der Waals surface area contributed by atoms with Gasteiger partial charge in [0.1, 0.15) is 5.82 Å². The van der Waals surface area contributed by atoms with E-state index in [0.717, 1.165) is 34.1 Å². The second-order valence-electron chi connectivity index (χ2n) is 5.25. The van der Waals surface area contributed by atoms with Crippen LogP contribution < -0.4 is 5.32 Å². The van der Waals surface area contributed by atoms with Crippen molar-refractivity contribution in [2.24, 2.45) is 0 Å². The fourth-order valence-electron chi connectivity index (χ4n) is 2.46. The fraction of sp³-hybridized carbons (Fsp3) is 0.353. The Kier molecular flexibility index (Phi) is 5.48. The number of aryl methyl sites for hydroxylation is 2. The van der Waals surface area contributed by atoms with Crippen molar-refractivity contribution in [3.8, 4) is 0 Å². The highest BCUT2D eigenvalue weighted by atomic mass is 79.9. The highest BCUT2D eigenvalue weighted by molar-refractivity contribution is 9.10. The Balaban J connectivity index is 2.48. The molecule has 1 aromatic carbocycles. The zero-order valence-corrected chi connectivity index (χ0v) is 14.2. The van der Waals surface area contributed by atoms with Gasteiger partial charge in [-0.1, -0.05) is 35.0 Å². The second-order valence-corrected chi connectivity index (χ2v) is 6.05. The Hall–Kier alpha value is -1.26. The van der Waals surface area contributed by atoms with E-state index in [1.807, 2.05) is 0 Å². The predicted octanol–water partition coefficient (Wildman–Crippen LogP) is 4.69. The molecule has 0 saturated heterocycles. The van der Waals surface area contributed by atoms with Gasteiger partial charge in [-0.05, 0) is 49.6 Å². The van der Waals surface area contributed by atoms with Crippen LogP contribution in [0.2, 0.25) is 0 Å². The van der Waals surface area contributed by atoms with E-state index in [0.29, 0.717) is 5.56 Å². The second kappa shape index (κ2) is 7.14. The van der Waals surface area contributed by atoms with E-state index >= 15 is 0 Å². The minimum absolute atomic E-state index is 0.154. The Bertz CT molecular complexity index is 605. The lowest BCUT2D eigenvalue weighted by atomic mass is 9.96. The summed E-state index contributed by atoms with van der Waals surface area (Å²) >= 11 is 3.58. The summed E-state index contributed by atoms with van der Waals surface area (Å²) in [5.41, 5.74) is 4.02. The Morgan fingerprint density at radius 1 is 1.29 bits per heavy atom. The third-order valence-corrected chi connectivity index (χ3v) is 4.76. The molecule has 1 atom stereocenters. The largest absolute Gasteiger partial charge is 0.306 e. The number of hydrogen-bond donors (Lipinski definition) is 1. The van der Waals surface area contributed by atoms with Crippen LogP contribution in [-0.4, -0.2) is 11.5 Å². The van der Waals surface area contributed by atoms with Crippen LogP contribution in [0.15, 0.2) is 35.1 Å². The molecule has 1 aromatic heterocycles. The van der Waals surface area contributed by atoms with Crippen LogP contribution in [0.3, 0.4) is 0 Å². The highest BCUT2D eigenvalue weighted by Crippen LogP contribution is 2.29. The lowest BCUT2D eigenvalue weighted by Crippen LogP contribution is -2.24. The fourth-order valence-corrected chi connectivity index (χ4v) is 2.69. The third kappa shape index (κ3) is 3.69. The van der Waals surface area contributed by atoms with Gasteiger partial charge >= 0.3 is 0 Å². The Labute approximate surface area is 133 Å². The van der Waals surface area contributed by atoms with Crippen LogP contribution in [-0.2, 0) is 0 Å². The Morgan fingerprint density at radius 2 is 1.95 bits per heavy atom. The summed E-state index contributed by atoms with van der Waals surface area (Å²) in [6.45, 7) is 7.05. The van der Waals surface area contributed by atoms with Crippen LogP contribution in [0.25, 0.3) is 0 Å². The van der Waals surface area contributed by atoms with E-state index in [-0.39, 0.29) is 11.9 Å². The number of rotatable bonds is 5. The molecule has 112 valence electrons. The van der Waals surface area contributed by atoms with Crippen molar-refractivity contribution in [3.63, 3.8) is 0 Å². The topological polar surface area (TPSA) is 24.9 Å². The van der Waals surface area contributed by atoms with Crippen molar-refractivity contribution in [3.05, 3.63) is 63.1 Å². The summed E-state index contributed by atoms with van der Waals surface area (Å²) in [5, 5.41) is 3.43. The molecular weight excluding hydrogens is 331 g/mol. The molecule has 0 aliphatic rings. The van der Waals surface area contributed by atoms with Crippen LogP contribution in [0.5, 0.6) is 0 Å². The van der Waals surface area contributed by atoms with Crippen molar-refractivity contribution < 1.29 is 4.39 Å². The summed E-state index contributed by atoms with van der Waals surface area (Å²) in [6, 6.07) is 5.79. The molecule has 2 rings (SSSR count). The first-order valence-electron chi connectivity index (χ1n) is 7.14. The molecule has 21 heavy (non-hydrogen) atoms. The van der Waals surface area contributed by atoms with E-state index in [1.165, 1.54) is 6.20 Å². The smallest absolute Gasteiger partial charge is 0.146 e. The normalized spacial score (nSPS) is 12.4. The molecule has 0 aliphatic carbocycles. The van der Waals surface area contributed by atoms with Gasteiger partial charge < -0.3 is 5.32 Å². The van der Waals surface area contributed by atoms with Gasteiger partial charge in [0.15, 0.2) is 0 Å².